The Balaban J connectivity index is 2.05. The van der Waals surface area contributed by atoms with Crippen LogP contribution >= 0.6 is 11.6 Å². The second-order valence-electron chi connectivity index (χ2n) is 6.14. The van der Waals surface area contributed by atoms with E-state index in [1.54, 1.807) is 0 Å². The molecule has 110 valence electrons. The van der Waals surface area contributed by atoms with Crippen molar-refractivity contribution in [3.05, 3.63) is 28.3 Å². The molecule has 0 aliphatic carbocycles. The number of aliphatic hydroxyl groups excluding tert-OH is 1. The van der Waals surface area contributed by atoms with Gasteiger partial charge >= 0.3 is 0 Å². The molecule has 2 unspecified atom stereocenters. The minimum absolute atomic E-state index is 0.0254. The number of hydrogen-bond donors (Lipinski definition) is 1. The number of halogens is 1. The molecule has 1 saturated heterocycles. The van der Waals surface area contributed by atoms with Gasteiger partial charge in [-0.05, 0) is 43.5 Å². The van der Waals surface area contributed by atoms with E-state index in [0.29, 0.717) is 17.5 Å². The van der Waals surface area contributed by atoms with Crippen LogP contribution in [-0.4, -0.2) is 35.8 Å². The first-order chi connectivity index (χ1) is 9.58. The van der Waals surface area contributed by atoms with Crippen LogP contribution < -0.4 is 4.74 Å². The Morgan fingerprint density at radius 3 is 2.65 bits per heavy atom. The number of rotatable bonds is 2. The van der Waals surface area contributed by atoms with Gasteiger partial charge < -0.3 is 9.84 Å². The molecule has 1 aromatic carbocycles. The zero-order valence-electron chi connectivity index (χ0n) is 12.1. The Labute approximate surface area is 125 Å². The molecule has 3 nitrogen and oxygen atoms in total. The van der Waals surface area contributed by atoms with E-state index in [1.807, 2.05) is 6.07 Å². The van der Waals surface area contributed by atoms with Gasteiger partial charge in [-0.1, -0.05) is 31.5 Å². The molecule has 0 bridgehead atoms. The molecule has 1 aromatic rings. The highest BCUT2D eigenvalue weighted by molar-refractivity contribution is 6.32. The van der Waals surface area contributed by atoms with Crippen LogP contribution in [0.25, 0.3) is 0 Å². The molecule has 3 rings (SSSR count). The van der Waals surface area contributed by atoms with Crippen molar-refractivity contribution in [1.82, 2.24) is 4.90 Å². The molecule has 2 atom stereocenters. The number of likely N-dealkylation sites (tertiary alicyclic amines) is 1. The minimum atomic E-state index is -0.473. The maximum absolute atomic E-state index is 10.4. The molecule has 4 heteroatoms. The number of ether oxygens (including phenoxy) is 1. The van der Waals surface area contributed by atoms with Gasteiger partial charge in [-0.25, -0.2) is 0 Å². The van der Waals surface area contributed by atoms with Crippen molar-refractivity contribution in [2.24, 2.45) is 0 Å². The van der Waals surface area contributed by atoms with Crippen LogP contribution in [0.5, 0.6) is 5.75 Å². The van der Waals surface area contributed by atoms with Gasteiger partial charge in [0.1, 0.15) is 18.5 Å². The van der Waals surface area contributed by atoms with Crippen molar-refractivity contribution >= 4 is 11.6 Å². The molecule has 2 aliphatic rings. The molecule has 0 aromatic heterocycles. The van der Waals surface area contributed by atoms with E-state index < -0.39 is 6.10 Å². The van der Waals surface area contributed by atoms with Crippen molar-refractivity contribution in [3.8, 4) is 5.75 Å². The standard InChI is InChI=1S/C16H22ClNO2/c1-10(2)11-7-12-15(18-5-3-4-6-18)14(19)9-20-16(12)13(17)8-11/h7-8,10,14-15,19H,3-6,9H2,1-2H3. The lowest BCUT2D eigenvalue weighted by Crippen LogP contribution is -2.41. The van der Waals surface area contributed by atoms with Gasteiger partial charge in [0, 0.05) is 5.56 Å². The van der Waals surface area contributed by atoms with Gasteiger partial charge in [0.15, 0.2) is 0 Å². The third kappa shape index (κ3) is 2.43. The van der Waals surface area contributed by atoms with Crippen LogP contribution in [0.15, 0.2) is 12.1 Å². The summed E-state index contributed by atoms with van der Waals surface area (Å²) in [5.41, 5.74) is 2.26. The van der Waals surface area contributed by atoms with E-state index in [2.05, 4.69) is 24.8 Å². The molecule has 1 fully saturated rings. The zero-order chi connectivity index (χ0) is 14.3. The third-order valence-electron chi connectivity index (χ3n) is 4.38. The second kappa shape index (κ2) is 5.55. The van der Waals surface area contributed by atoms with Crippen LogP contribution in [0, 0.1) is 0 Å². The molecule has 2 heterocycles. The quantitative estimate of drug-likeness (QED) is 0.908. The molecular weight excluding hydrogens is 274 g/mol. The molecule has 0 amide bonds. The Kier molecular flexibility index (Phi) is 3.93. The average Bonchev–Trinajstić information content (AvgIpc) is 2.91. The third-order valence-corrected chi connectivity index (χ3v) is 4.66. The number of hydrogen-bond acceptors (Lipinski definition) is 3. The summed E-state index contributed by atoms with van der Waals surface area (Å²) in [4.78, 5) is 2.37. The highest BCUT2D eigenvalue weighted by atomic mass is 35.5. The summed E-state index contributed by atoms with van der Waals surface area (Å²) < 4.78 is 5.68. The lowest BCUT2D eigenvalue weighted by Gasteiger charge is -2.37. The Bertz CT molecular complexity index is 497. The van der Waals surface area contributed by atoms with Gasteiger partial charge in [0.05, 0.1) is 11.1 Å². The molecule has 0 spiro atoms. The highest BCUT2D eigenvalue weighted by Crippen LogP contribution is 2.43. The van der Waals surface area contributed by atoms with Crippen LogP contribution in [0.2, 0.25) is 5.02 Å². The van der Waals surface area contributed by atoms with Crippen molar-refractivity contribution in [3.63, 3.8) is 0 Å². The van der Waals surface area contributed by atoms with E-state index in [9.17, 15) is 5.11 Å². The SMILES string of the molecule is CC(C)c1cc(Cl)c2c(c1)C(N1CCCC1)C(O)CO2. The number of nitrogens with zero attached hydrogens (tertiary/aromatic N) is 1. The summed E-state index contributed by atoms with van der Waals surface area (Å²) in [5, 5.41) is 11.1. The number of aliphatic hydroxyl groups is 1. The van der Waals surface area contributed by atoms with Crippen LogP contribution in [0.4, 0.5) is 0 Å². The Hall–Kier alpha value is -0.770. The molecule has 1 N–H and O–H groups in total. The van der Waals surface area contributed by atoms with Crippen LogP contribution in [-0.2, 0) is 0 Å². The van der Waals surface area contributed by atoms with E-state index in [0.717, 1.165) is 24.4 Å². The number of benzene rings is 1. The lowest BCUT2D eigenvalue weighted by atomic mass is 9.92. The maximum Gasteiger partial charge on any atom is 0.142 e. The van der Waals surface area contributed by atoms with Crippen LogP contribution in [0.1, 0.15) is 49.8 Å². The maximum atomic E-state index is 10.4. The summed E-state index contributed by atoms with van der Waals surface area (Å²) in [7, 11) is 0. The molecule has 2 aliphatic heterocycles. The fourth-order valence-corrected chi connectivity index (χ4v) is 3.56. The molecule has 0 radical (unpaired) electrons. The Morgan fingerprint density at radius 2 is 2.00 bits per heavy atom. The van der Waals surface area contributed by atoms with E-state index >= 15 is 0 Å². The smallest absolute Gasteiger partial charge is 0.142 e. The molecular formula is C16H22ClNO2. The first-order valence-electron chi connectivity index (χ1n) is 7.46. The second-order valence-corrected chi connectivity index (χ2v) is 6.55. The van der Waals surface area contributed by atoms with Gasteiger partial charge in [-0.15, -0.1) is 0 Å². The van der Waals surface area contributed by atoms with Crippen LogP contribution in [0.3, 0.4) is 0 Å². The van der Waals surface area contributed by atoms with Gasteiger partial charge in [-0.3, -0.25) is 4.90 Å². The van der Waals surface area contributed by atoms with Crippen molar-refractivity contribution in [2.45, 2.75) is 44.8 Å². The van der Waals surface area contributed by atoms with Crippen molar-refractivity contribution < 1.29 is 9.84 Å². The molecule has 20 heavy (non-hydrogen) atoms. The summed E-state index contributed by atoms with van der Waals surface area (Å²) in [5.74, 6) is 1.18. The highest BCUT2D eigenvalue weighted by Gasteiger charge is 2.36. The van der Waals surface area contributed by atoms with Gasteiger partial charge in [0.25, 0.3) is 0 Å². The van der Waals surface area contributed by atoms with Crippen molar-refractivity contribution in [2.75, 3.05) is 19.7 Å². The number of fused-ring (bicyclic) bond motifs is 1. The van der Waals surface area contributed by atoms with Crippen molar-refractivity contribution in [1.29, 1.82) is 0 Å². The fourth-order valence-electron chi connectivity index (χ4n) is 3.27. The minimum Gasteiger partial charge on any atom is -0.489 e. The largest absolute Gasteiger partial charge is 0.489 e. The van der Waals surface area contributed by atoms with Gasteiger partial charge in [0.2, 0.25) is 0 Å². The Morgan fingerprint density at radius 1 is 1.30 bits per heavy atom. The summed E-state index contributed by atoms with van der Waals surface area (Å²) in [6, 6.07) is 4.18. The predicted molar refractivity (Wildman–Crippen MR) is 80.6 cm³/mol. The summed E-state index contributed by atoms with van der Waals surface area (Å²) >= 11 is 6.39. The molecule has 0 saturated carbocycles. The normalized spacial score (nSPS) is 26.6. The summed E-state index contributed by atoms with van der Waals surface area (Å²) in [6.07, 6.45) is 1.94. The lowest BCUT2D eigenvalue weighted by molar-refractivity contribution is 0.00876. The first kappa shape index (κ1) is 14.2. The monoisotopic (exact) mass is 295 g/mol. The fraction of sp³-hybridized carbons (Fsp3) is 0.625. The first-order valence-corrected chi connectivity index (χ1v) is 7.84. The predicted octanol–water partition coefficient (Wildman–Crippen LogP) is 3.35. The van der Waals surface area contributed by atoms with E-state index in [-0.39, 0.29) is 6.04 Å². The average molecular weight is 296 g/mol. The van der Waals surface area contributed by atoms with Gasteiger partial charge in [-0.2, -0.15) is 0 Å². The van der Waals surface area contributed by atoms with E-state index in [1.165, 1.54) is 18.4 Å². The van der Waals surface area contributed by atoms with E-state index in [4.69, 9.17) is 16.3 Å². The topological polar surface area (TPSA) is 32.7 Å². The summed E-state index contributed by atoms with van der Waals surface area (Å²) in [6.45, 7) is 6.73. The zero-order valence-corrected chi connectivity index (χ0v) is 12.9.